The first kappa shape index (κ1) is 11.9. The molecule has 5 heteroatoms. The van der Waals surface area contributed by atoms with E-state index in [1.165, 1.54) is 23.9 Å². The lowest BCUT2D eigenvalue weighted by Crippen LogP contribution is -2.31. The van der Waals surface area contributed by atoms with Crippen LogP contribution in [0.25, 0.3) is 0 Å². The molecule has 0 saturated carbocycles. The predicted octanol–water partition coefficient (Wildman–Crippen LogP) is 1.04. The van der Waals surface area contributed by atoms with E-state index in [9.17, 15) is 14.6 Å². The molecule has 1 fully saturated rings. The van der Waals surface area contributed by atoms with E-state index in [1.807, 2.05) is 0 Å². The number of ether oxygens (including phenoxy) is 1. The Bertz CT molecular complexity index is 344. The summed E-state index contributed by atoms with van der Waals surface area (Å²) in [6.07, 6.45) is -1.98. The van der Waals surface area contributed by atoms with Crippen molar-refractivity contribution in [2.75, 3.05) is 12.4 Å². The van der Waals surface area contributed by atoms with Gasteiger partial charge >= 0.3 is 0 Å². The van der Waals surface area contributed by atoms with Gasteiger partial charge in [0.25, 0.3) is 0 Å². The Labute approximate surface area is 97.2 Å². The van der Waals surface area contributed by atoms with Crippen LogP contribution < -0.4 is 0 Å². The van der Waals surface area contributed by atoms with Crippen LogP contribution in [0.4, 0.5) is 4.39 Å². The molecule has 1 aliphatic heterocycles. The monoisotopic (exact) mass is 244 g/mol. The second kappa shape index (κ2) is 5.14. The molecule has 2 N–H and O–H groups in total. The number of aliphatic hydroxyl groups excluding tert-OH is 2. The average molecular weight is 244 g/mol. The molecule has 0 spiro atoms. The quantitative estimate of drug-likeness (QED) is 0.780. The van der Waals surface area contributed by atoms with Gasteiger partial charge in [0.2, 0.25) is 0 Å². The molecule has 16 heavy (non-hydrogen) atoms. The maximum atomic E-state index is 12.6. The summed E-state index contributed by atoms with van der Waals surface area (Å²) in [6, 6.07) is 6.14. The summed E-state index contributed by atoms with van der Waals surface area (Å²) in [5, 5.41) is 18.8. The molecular formula is C11H13FO3S. The van der Waals surface area contributed by atoms with Crippen LogP contribution >= 0.6 is 11.8 Å². The molecule has 3 nitrogen and oxygen atoms in total. The van der Waals surface area contributed by atoms with Gasteiger partial charge in [-0.25, -0.2) is 4.39 Å². The van der Waals surface area contributed by atoms with Gasteiger partial charge < -0.3 is 14.9 Å². The van der Waals surface area contributed by atoms with Crippen molar-refractivity contribution in [2.45, 2.75) is 23.2 Å². The van der Waals surface area contributed by atoms with Crippen LogP contribution in [0.3, 0.4) is 0 Å². The van der Waals surface area contributed by atoms with Gasteiger partial charge in [-0.15, -0.1) is 11.8 Å². The first-order valence-electron chi connectivity index (χ1n) is 5.03. The third-order valence-corrected chi connectivity index (χ3v) is 3.58. The van der Waals surface area contributed by atoms with Crippen LogP contribution in [0.15, 0.2) is 29.2 Å². The van der Waals surface area contributed by atoms with E-state index in [0.717, 1.165) is 4.90 Å². The van der Waals surface area contributed by atoms with Gasteiger partial charge in [0, 0.05) is 10.6 Å². The lowest BCUT2D eigenvalue weighted by molar-refractivity contribution is 0.0337. The lowest BCUT2D eigenvalue weighted by Gasteiger charge is -2.14. The van der Waals surface area contributed by atoms with Crippen LogP contribution in [0.5, 0.6) is 0 Å². The van der Waals surface area contributed by atoms with E-state index in [4.69, 9.17) is 4.74 Å². The van der Waals surface area contributed by atoms with Gasteiger partial charge in [0.05, 0.1) is 12.7 Å². The molecule has 0 radical (unpaired) electrons. The Morgan fingerprint density at radius 3 is 2.56 bits per heavy atom. The van der Waals surface area contributed by atoms with E-state index in [-0.39, 0.29) is 18.5 Å². The van der Waals surface area contributed by atoms with Crippen LogP contribution in [0, 0.1) is 5.82 Å². The van der Waals surface area contributed by atoms with Crippen molar-refractivity contribution >= 4 is 11.8 Å². The van der Waals surface area contributed by atoms with Crippen LogP contribution in [0.1, 0.15) is 0 Å². The van der Waals surface area contributed by atoms with Crippen molar-refractivity contribution in [1.82, 2.24) is 0 Å². The van der Waals surface area contributed by atoms with E-state index in [1.54, 1.807) is 12.1 Å². The smallest absolute Gasteiger partial charge is 0.123 e. The molecule has 3 unspecified atom stereocenters. The number of halogens is 1. The van der Waals surface area contributed by atoms with Crippen molar-refractivity contribution in [3.05, 3.63) is 30.1 Å². The highest BCUT2D eigenvalue weighted by atomic mass is 32.2. The molecule has 0 bridgehead atoms. The van der Waals surface area contributed by atoms with E-state index in [0.29, 0.717) is 5.75 Å². The highest BCUT2D eigenvalue weighted by Gasteiger charge is 2.34. The minimum absolute atomic E-state index is 0.176. The zero-order valence-electron chi connectivity index (χ0n) is 8.54. The fraction of sp³-hybridized carbons (Fsp3) is 0.455. The van der Waals surface area contributed by atoms with Gasteiger partial charge in [-0.2, -0.15) is 0 Å². The molecule has 0 aromatic heterocycles. The Hall–Kier alpha value is -0.620. The van der Waals surface area contributed by atoms with Crippen molar-refractivity contribution in [3.63, 3.8) is 0 Å². The Morgan fingerprint density at radius 2 is 2.00 bits per heavy atom. The first-order valence-corrected chi connectivity index (χ1v) is 6.01. The van der Waals surface area contributed by atoms with Crippen LogP contribution in [0.2, 0.25) is 0 Å². The second-order valence-corrected chi connectivity index (χ2v) is 4.79. The highest BCUT2D eigenvalue weighted by molar-refractivity contribution is 7.99. The number of rotatable bonds is 3. The molecule has 3 atom stereocenters. The maximum Gasteiger partial charge on any atom is 0.123 e. The third kappa shape index (κ3) is 2.74. The molecule has 1 saturated heterocycles. The summed E-state index contributed by atoms with van der Waals surface area (Å²) in [4.78, 5) is 0.915. The molecule has 1 heterocycles. The van der Waals surface area contributed by atoms with E-state index < -0.39 is 12.2 Å². The SMILES string of the molecule is OC1COC(CSc2ccc(F)cc2)C1O. The minimum atomic E-state index is -0.826. The topological polar surface area (TPSA) is 49.7 Å². The average Bonchev–Trinajstić information content (AvgIpc) is 2.60. The highest BCUT2D eigenvalue weighted by Crippen LogP contribution is 2.24. The maximum absolute atomic E-state index is 12.6. The summed E-state index contributed by atoms with van der Waals surface area (Å²) in [6.45, 7) is 0.176. The molecule has 1 aliphatic rings. The lowest BCUT2D eigenvalue weighted by atomic mass is 10.2. The van der Waals surface area contributed by atoms with Crippen LogP contribution in [-0.4, -0.2) is 40.9 Å². The number of hydrogen-bond donors (Lipinski definition) is 2. The number of thioether (sulfide) groups is 1. The fourth-order valence-electron chi connectivity index (χ4n) is 1.52. The fourth-order valence-corrected chi connectivity index (χ4v) is 2.50. The molecule has 0 aliphatic carbocycles. The summed E-state index contributed by atoms with van der Waals surface area (Å²) >= 11 is 1.47. The Balaban J connectivity index is 1.86. The third-order valence-electron chi connectivity index (χ3n) is 2.48. The molecule has 1 aromatic carbocycles. The van der Waals surface area contributed by atoms with Gasteiger partial charge in [-0.3, -0.25) is 0 Å². The van der Waals surface area contributed by atoms with E-state index in [2.05, 4.69) is 0 Å². The first-order chi connectivity index (χ1) is 7.66. The summed E-state index contributed by atoms with van der Waals surface area (Å²) < 4.78 is 17.9. The summed E-state index contributed by atoms with van der Waals surface area (Å²) in [7, 11) is 0. The number of aliphatic hydroxyl groups is 2. The van der Waals surface area contributed by atoms with Crippen molar-refractivity contribution in [1.29, 1.82) is 0 Å². The molecule has 2 rings (SSSR count). The van der Waals surface area contributed by atoms with Crippen molar-refractivity contribution < 1.29 is 19.3 Å². The minimum Gasteiger partial charge on any atom is -0.388 e. The standard InChI is InChI=1S/C11H13FO3S/c12-7-1-3-8(4-2-7)16-6-10-11(14)9(13)5-15-10/h1-4,9-11,13-14H,5-6H2. The van der Waals surface area contributed by atoms with Gasteiger partial charge in [0.15, 0.2) is 0 Å². The number of hydrogen-bond acceptors (Lipinski definition) is 4. The zero-order chi connectivity index (χ0) is 11.5. The Kier molecular flexibility index (Phi) is 3.81. The molecule has 0 amide bonds. The van der Waals surface area contributed by atoms with Crippen molar-refractivity contribution in [3.8, 4) is 0 Å². The zero-order valence-corrected chi connectivity index (χ0v) is 9.36. The van der Waals surface area contributed by atoms with Gasteiger partial charge in [-0.05, 0) is 24.3 Å². The van der Waals surface area contributed by atoms with Gasteiger partial charge in [0.1, 0.15) is 18.0 Å². The summed E-state index contributed by atoms with van der Waals surface area (Å²) in [5.41, 5.74) is 0. The molecule has 1 aromatic rings. The largest absolute Gasteiger partial charge is 0.388 e. The summed E-state index contributed by atoms with van der Waals surface area (Å²) in [5.74, 6) is 0.279. The van der Waals surface area contributed by atoms with Crippen LogP contribution in [-0.2, 0) is 4.74 Å². The Morgan fingerprint density at radius 1 is 1.31 bits per heavy atom. The molecule has 88 valence electrons. The van der Waals surface area contributed by atoms with Gasteiger partial charge in [-0.1, -0.05) is 0 Å². The normalized spacial score (nSPS) is 29.6. The van der Waals surface area contributed by atoms with E-state index >= 15 is 0 Å². The predicted molar refractivity (Wildman–Crippen MR) is 58.9 cm³/mol. The molecular weight excluding hydrogens is 231 g/mol. The number of benzene rings is 1. The second-order valence-electron chi connectivity index (χ2n) is 3.69. The van der Waals surface area contributed by atoms with Crippen molar-refractivity contribution in [2.24, 2.45) is 0 Å².